The van der Waals surface area contributed by atoms with Gasteiger partial charge in [-0.05, 0) is 68.6 Å². The van der Waals surface area contributed by atoms with Crippen LogP contribution in [0.2, 0.25) is 0 Å². The summed E-state index contributed by atoms with van der Waals surface area (Å²) < 4.78 is 99.7. The van der Waals surface area contributed by atoms with Gasteiger partial charge in [0.25, 0.3) is 0 Å². The van der Waals surface area contributed by atoms with Crippen LogP contribution in [0.1, 0.15) is 81.4 Å². The van der Waals surface area contributed by atoms with Crippen LogP contribution in [0.25, 0.3) is 0 Å². The molecule has 0 spiro atoms. The molecule has 2 amide bonds. The van der Waals surface area contributed by atoms with Crippen molar-refractivity contribution < 1.29 is 44.0 Å². The number of carbonyl (C=O) groups is 2. The van der Waals surface area contributed by atoms with Crippen LogP contribution >= 0.6 is 0 Å². The van der Waals surface area contributed by atoms with Crippen molar-refractivity contribution in [2.24, 2.45) is 40.6 Å². The highest BCUT2D eigenvalue weighted by atomic mass is 16.5. The van der Waals surface area contributed by atoms with Crippen molar-refractivity contribution in [1.82, 2.24) is 5.32 Å². The van der Waals surface area contributed by atoms with Gasteiger partial charge < -0.3 is 36.1 Å². The first-order valence-corrected chi connectivity index (χ1v) is 13.0. The van der Waals surface area contributed by atoms with E-state index in [-0.39, 0.29) is 49.5 Å². The Morgan fingerprint density at radius 2 is 1.85 bits per heavy atom. The SMILES string of the molecule is [2H]C([2H])OC([2H])([2H])C([2H])([2H])C([2H])([2H])Oc1cc(C[C@@H](C[C@H](N)[C@@H](O)C[C@H](C(=O)NCC(C)(C)C(N)=O)C(C)C)C(C)C)ccc1OC([2H])([2H])[2H]. The number of benzene rings is 1. The molecule has 6 N–H and O–H groups in total. The Hall–Kier alpha value is -2.36. The second kappa shape index (κ2) is 16.7. The van der Waals surface area contributed by atoms with E-state index < -0.39 is 74.5 Å². The van der Waals surface area contributed by atoms with Crippen molar-refractivity contribution in [3.8, 4) is 11.5 Å². The number of nitrogens with one attached hydrogen (secondary N) is 1. The maximum atomic E-state index is 13.0. The fraction of sp³-hybridized carbons (Fsp3) is 0.733. The summed E-state index contributed by atoms with van der Waals surface area (Å²) in [6.07, 6.45) is -4.14. The number of carbonyl (C=O) groups excluding carboxylic acids is 2. The van der Waals surface area contributed by atoms with Crippen LogP contribution in [0.4, 0.5) is 0 Å². The number of ether oxygens (including phenoxy) is 3. The highest BCUT2D eigenvalue weighted by Crippen LogP contribution is 2.32. The van der Waals surface area contributed by atoms with E-state index in [1.165, 1.54) is 18.2 Å². The van der Waals surface area contributed by atoms with Gasteiger partial charge in [0.15, 0.2) is 11.5 Å². The molecule has 39 heavy (non-hydrogen) atoms. The van der Waals surface area contributed by atoms with Crippen LogP contribution in [0.3, 0.4) is 0 Å². The predicted octanol–water partition coefficient (Wildman–Crippen LogP) is 3.29. The monoisotopic (exact) mass is 562 g/mol. The normalized spacial score (nSPS) is 20.7. The summed E-state index contributed by atoms with van der Waals surface area (Å²) in [5.41, 5.74) is 11.4. The van der Waals surface area contributed by atoms with Gasteiger partial charge in [-0.1, -0.05) is 33.8 Å². The Kier molecular flexibility index (Phi) is 8.77. The van der Waals surface area contributed by atoms with Gasteiger partial charge in [0, 0.05) is 41.2 Å². The third-order valence-corrected chi connectivity index (χ3v) is 6.96. The molecule has 0 fully saturated rings. The van der Waals surface area contributed by atoms with Gasteiger partial charge in [-0.25, -0.2) is 0 Å². The molecule has 0 aromatic heterocycles. The fourth-order valence-electron chi connectivity index (χ4n) is 4.02. The molecule has 4 atom stereocenters. The van der Waals surface area contributed by atoms with Crippen molar-refractivity contribution in [1.29, 1.82) is 0 Å². The van der Waals surface area contributed by atoms with Gasteiger partial charge in [-0.15, -0.1) is 0 Å². The summed E-state index contributed by atoms with van der Waals surface area (Å²) in [6, 6.07) is 3.13. The number of primary amides is 1. The molecule has 0 saturated heterocycles. The molecule has 0 aliphatic heterocycles. The summed E-state index contributed by atoms with van der Waals surface area (Å²) in [5, 5.41) is 13.8. The van der Waals surface area contributed by atoms with Gasteiger partial charge in [0.1, 0.15) is 0 Å². The maximum absolute atomic E-state index is 13.0. The minimum Gasteiger partial charge on any atom is -0.493 e. The standard InChI is InChI=1S/C30H53N3O6/c1-19(2)22(14-21-10-11-26(38-8)27(15-21)39-13-9-12-37-7)16-24(31)25(34)17-23(20(3)4)28(35)33-18-30(5,6)29(32)36/h10-11,15,19-20,22-25,34H,9,12-14,16-18,31H2,1-8H3,(H2,32,36)(H,33,35)/t22-,23-,24-,25-/m0/s1/i7D2,8D3,9D2,12D2,13D2. The van der Waals surface area contributed by atoms with Crippen molar-refractivity contribution in [2.45, 2.75) is 79.3 Å². The number of amides is 2. The molecule has 1 aromatic carbocycles. The largest absolute Gasteiger partial charge is 0.493 e. The van der Waals surface area contributed by atoms with Crippen molar-refractivity contribution in [3.63, 3.8) is 0 Å². The average molecular weight is 563 g/mol. The third-order valence-electron chi connectivity index (χ3n) is 6.96. The zero-order valence-electron chi connectivity index (χ0n) is 34.7. The molecular weight excluding hydrogens is 498 g/mol. The third kappa shape index (κ3) is 11.7. The smallest absolute Gasteiger partial charge is 0.224 e. The maximum Gasteiger partial charge on any atom is 0.224 e. The van der Waals surface area contributed by atoms with Crippen LogP contribution in [-0.4, -0.2) is 62.8 Å². The van der Waals surface area contributed by atoms with Gasteiger partial charge >= 0.3 is 0 Å². The zero-order chi connectivity index (χ0) is 39.2. The lowest BCUT2D eigenvalue weighted by molar-refractivity contribution is -0.130. The summed E-state index contributed by atoms with van der Waals surface area (Å²) in [6.45, 7) is 3.68. The number of hydrogen-bond acceptors (Lipinski definition) is 7. The molecule has 0 bridgehead atoms. The van der Waals surface area contributed by atoms with E-state index in [4.69, 9.17) is 36.0 Å². The molecule has 0 aliphatic rings. The van der Waals surface area contributed by atoms with Crippen molar-refractivity contribution in [3.05, 3.63) is 23.8 Å². The lowest BCUT2D eigenvalue weighted by Crippen LogP contribution is -2.46. The van der Waals surface area contributed by atoms with E-state index in [9.17, 15) is 14.7 Å². The van der Waals surface area contributed by atoms with Crippen molar-refractivity contribution >= 4 is 11.8 Å². The molecule has 0 heterocycles. The number of aliphatic hydroxyl groups excluding tert-OH is 1. The molecule has 9 heteroatoms. The molecule has 1 aromatic rings. The average Bonchev–Trinajstić information content (AvgIpc) is 2.93. The van der Waals surface area contributed by atoms with E-state index in [1.54, 1.807) is 13.8 Å². The highest BCUT2D eigenvalue weighted by molar-refractivity contribution is 5.83. The van der Waals surface area contributed by atoms with Gasteiger partial charge in [0.2, 0.25) is 11.8 Å². The second-order valence-electron chi connectivity index (χ2n) is 11.2. The first-order chi connectivity index (χ1) is 22.4. The Bertz CT molecular complexity index is 1280. The molecule has 0 radical (unpaired) electrons. The number of aliphatic hydroxyl groups is 1. The molecular formula is C30H53N3O6. The van der Waals surface area contributed by atoms with E-state index in [0.717, 1.165) is 0 Å². The lowest BCUT2D eigenvalue weighted by Gasteiger charge is -2.30. The van der Waals surface area contributed by atoms with Gasteiger partial charge in [-0.3, -0.25) is 9.59 Å². The summed E-state index contributed by atoms with van der Waals surface area (Å²) in [5.74, 6) is -3.00. The minimum absolute atomic E-state index is 0.0215. The number of rotatable bonds is 19. The molecule has 0 aliphatic carbocycles. The molecule has 0 saturated carbocycles. The Morgan fingerprint density at radius 3 is 2.44 bits per heavy atom. The minimum atomic E-state index is -3.61. The second-order valence-corrected chi connectivity index (χ2v) is 11.2. The van der Waals surface area contributed by atoms with Crippen LogP contribution < -0.4 is 26.3 Å². The Labute approximate surface area is 250 Å². The summed E-state index contributed by atoms with van der Waals surface area (Å²) >= 11 is 0. The Morgan fingerprint density at radius 1 is 1.13 bits per heavy atom. The van der Waals surface area contributed by atoms with E-state index in [0.29, 0.717) is 5.56 Å². The van der Waals surface area contributed by atoms with Crippen molar-refractivity contribution in [2.75, 3.05) is 33.8 Å². The van der Waals surface area contributed by atoms with E-state index in [1.807, 2.05) is 27.7 Å². The molecule has 1 rings (SSSR count). The quantitative estimate of drug-likeness (QED) is 0.202. The van der Waals surface area contributed by atoms with E-state index >= 15 is 0 Å². The van der Waals surface area contributed by atoms with Gasteiger partial charge in [0.05, 0.1) is 37.5 Å². The van der Waals surface area contributed by atoms with Crippen LogP contribution in [0.15, 0.2) is 18.2 Å². The van der Waals surface area contributed by atoms with Crippen LogP contribution in [0.5, 0.6) is 11.5 Å². The lowest BCUT2D eigenvalue weighted by atomic mass is 9.80. The number of hydrogen-bond donors (Lipinski definition) is 4. The number of nitrogens with two attached hydrogens (primary N) is 2. The van der Waals surface area contributed by atoms with Crippen LogP contribution in [0, 0.1) is 29.1 Å². The Balaban J connectivity index is 3.30. The molecule has 0 unspecified atom stereocenters. The summed E-state index contributed by atoms with van der Waals surface area (Å²) in [7, 11) is -5.31. The zero-order valence-corrected chi connectivity index (χ0v) is 23.7. The predicted molar refractivity (Wildman–Crippen MR) is 155 cm³/mol. The first-order valence-electron chi connectivity index (χ1n) is 18.6. The number of methoxy groups -OCH3 is 2. The van der Waals surface area contributed by atoms with Gasteiger partial charge in [-0.2, -0.15) is 0 Å². The molecule has 9 nitrogen and oxygen atoms in total. The highest BCUT2D eigenvalue weighted by Gasteiger charge is 2.32. The van der Waals surface area contributed by atoms with E-state index in [2.05, 4.69) is 10.1 Å². The summed E-state index contributed by atoms with van der Waals surface area (Å²) in [4.78, 5) is 24.7. The molecule has 224 valence electrons. The fourth-order valence-corrected chi connectivity index (χ4v) is 4.02. The van der Waals surface area contributed by atoms with Crippen LogP contribution in [-0.2, 0) is 20.7 Å². The first kappa shape index (κ1) is 20.5. The topological polar surface area (TPSA) is 146 Å².